The average molecular weight is 304 g/mol. The van der Waals surface area contributed by atoms with Gasteiger partial charge in [-0.1, -0.05) is 13.3 Å². The summed E-state index contributed by atoms with van der Waals surface area (Å²) in [7, 11) is 1.69. The molecule has 0 saturated carbocycles. The molecule has 0 spiro atoms. The van der Waals surface area contributed by atoms with Gasteiger partial charge in [0.05, 0.1) is 17.1 Å². The first kappa shape index (κ1) is 14.1. The van der Waals surface area contributed by atoms with Crippen molar-refractivity contribution in [2.24, 2.45) is 5.84 Å². The molecule has 1 atom stereocenters. The number of nitrogens with two attached hydrogens (primary N) is 1. The largest absolute Gasteiger partial charge is 0.383 e. The van der Waals surface area contributed by atoms with Gasteiger partial charge < -0.3 is 10.1 Å². The van der Waals surface area contributed by atoms with Crippen LogP contribution >= 0.6 is 15.9 Å². The third kappa shape index (κ3) is 4.45. The summed E-state index contributed by atoms with van der Waals surface area (Å²) in [5, 5.41) is 3.31. The van der Waals surface area contributed by atoms with Gasteiger partial charge in [-0.15, -0.1) is 0 Å². The van der Waals surface area contributed by atoms with Crippen LogP contribution in [-0.4, -0.2) is 29.7 Å². The van der Waals surface area contributed by atoms with Gasteiger partial charge in [0, 0.05) is 13.3 Å². The first-order valence-electron chi connectivity index (χ1n) is 5.45. The Bertz CT molecular complexity index is 343. The van der Waals surface area contributed by atoms with Crippen LogP contribution in [0.2, 0.25) is 0 Å². The number of nitrogens with zero attached hydrogens (tertiary/aromatic N) is 2. The van der Waals surface area contributed by atoms with Crippen molar-refractivity contribution in [2.45, 2.75) is 25.8 Å². The fourth-order valence-electron chi connectivity index (χ4n) is 1.48. The second-order valence-corrected chi connectivity index (χ2v) is 4.47. The fraction of sp³-hybridized carbons (Fsp3) is 0.600. The molecule has 0 amide bonds. The number of halogens is 1. The number of rotatable bonds is 7. The lowest BCUT2D eigenvalue weighted by Gasteiger charge is -2.18. The van der Waals surface area contributed by atoms with E-state index in [2.05, 4.69) is 43.6 Å². The Morgan fingerprint density at radius 1 is 1.59 bits per heavy atom. The number of anilines is 2. The third-order valence-electron chi connectivity index (χ3n) is 2.22. The summed E-state index contributed by atoms with van der Waals surface area (Å²) >= 11 is 3.39. The van der Waals surface area contributed by atoms with Gasteiger partial charge in [0.15, 0.2) is 0 Å². The maximum atomic E-state index is 5.27. The average Bonchev–Trinajstić information content (AvgIpc) is 2.32. The Hall–Kier alpha value is -0.920. The van der Waals surface area contributed by atoms with Gasteiger partial charge in [0.25, 0.3) is 0 Å². The number of hydrogen-bond acceptors (Lipinski definition) is 6. The molecule has 1 aromatic rings. The molecule has 0 radical (unpaired) electrons. The summed E-state index contributed by atoms with van der Waals surface area (Å²) < 4.78 is 5.96. The molecule has 0 aliphatic carbocycles. The van der Waals surface area contributed by atoms with Crippen LogP contribution in [0, 0.1) is 0 Å². The molecule has 1 rings (SSSR count). The van der Waals surface area contributed by atoms with Crippen LogP contribution in [0.1, 0.15) is 19.8 Å². The number of nitrogens with one attached hydrogen (secondary N) is 2. The van der Waals surface area contributed by atoms with Crippen molar-refractivity contribution >= 4 is 27.7 Å². The predicted octanol–water partition coefficient (Wildman–Crippen LogP) is 1.75. The zero-order valence-electron chi connectivity index (χ0n) is 10.0. The Balaban J connectivity index is 2.76. The summed E-state index contributed by atoms with van der Waals surface area (Å²) in [4.78, 5) is 8.23. The highest BCUT2D eigenvalue weighted by Crippen LogP contribution is 2.21. The molecule has 4 N–H and O–H groups in total. The van der Waals surface area contributed by atoms with Crippen LogP contribution in [-0.2, 0) is 4.74 Å². The van der Waals surface area contributed by atoms with Crippen LogP contribution in [0.15, 0.2) is 10.7 Å². The third-order valence-corrected chi connectivity index (χ3v) is 2.80. The molecule has 0 bridgehead atoms. The summed E-state index contributed by atoms with van der Waals surface area (Å²) in [6.07, 6.45) is 3.74. The highest BCUT2D eigenvalue weighted by molar-refractivity contribution is 9.10. The van der Waals surface area contributed by atoms with Crippen LogP contribution in [0.3, 0.4) is 0 Å². The first-order valence-corrected chi connectivity index (χ1v) is 6.25. The fourth-order valence-corrected chi connectivity index (χ4v) is 1.78. The second-order valence-electron chi connectivity index (χ2n) is 3.62. The molecule has 6 nitrogen and oxygen atoms in total. The summed E-state index contributed by atoms with van der Waals surface area (Å²) in [6.45, 7) is 2.77. The van der Waals surface area contributed by atoms with E-state index in [-0.39, 0.29) is 6.04 Å². The first-order chi connectivity index (χ1) is 8.21. The summed E-state index contributed by atoms with van der Waals surface area (Å²) in [6, 6.07) is 0.224. The van der Waals surface area contributed by atoms with Crippen LogP contribution in [0.25, 0.3) is 0 Å². The van der Waals surface area contributed by atoms with E-state index in [4.69, 9.17) is 10.6 Å². The van der Waals surface area contributed by atoms with Crippen molar-refractivity contribution in [1.82, 2.24) is 9.97 Å². The maximum Gasteiger partial charge on any atom is 0.239 e. The normalized spacial score (nSPS) is 12.2. The molecule has 0 aromatic carbocycles. The molecule has 96 valence electrons. The number of ether oxygens (including phenoxy) is 1. The number of methoxy groups -OCH3 is 1. The highest BCUT2D eigenvalue weighted by Gasteiger charge is 2.11. The van der Waals surface area contributed by atoms with Gasteiger partial charge in [-0.05, 0) is 22.4 Å². The number of nitrogen functional groups attached to an aromatic ring is 1. The smallest absolute Gasteiger partial charge is 0.239 e. The van der Waals surface area contributed by atoms with Crippen molar-refractivity contribution < 1.29 is 4.74 Å². The van der Waals surface area contributed by atoms with Crippen molar-refractivity contribution in [3.05, 3.63) is 10.7 Å². The standard InChI is InChI=1S/C10H18BrN5O/c1-3-4-7(6-17-2)14-9-8(11)5-13-10(15-9)16-12/h5,7H,3-4,6,12H2,1-2H3,(H2,13,14,15,16). The molecule has 0 aliphatic heterocycles. The van der Waals surface area contributed by atoms with Crippen LogP contribution in [0.5, 0.6) is 0 Å². The van der Waals surface area contributed by atoms with Crippen LogP contribution < -0.4 is 16.6 Å². The quantitative estimate of drug-likeness (QED) is 0.526. The van der Waals surface area contributed by atoms with Gasteiger partial charge >= 0.3 is 0 Å². The molecule has 1 heterocycles. The SMILES string of the molecule is CCCC(COC)Nc1nc(NN)ncc1Br. The van der Waals surface area contributed by atoms with Gasteiger partial charge in [-0.25, -0.2) is 10.8 Å². The van der Waals surface area contributed by atoms with E-state index >= 15 is 0 Å². The lowest BCUT2D eigenvalue weighted by molar-refractivity contribution is 0.182. The molecule has 0 saturated heterocycles. The Kier molecular flexibility index (Phi) is 6.17. The zero-order chi connectivity index (χ0) is 12.7. The molecule has 0 aliphatic rings. The maximum absolute atomic E-state index is 5.27. The van der Waals surface area contributed by atoms with Gasteiger partial charge in [0.1, 0.15) is 5.82 Å². The van der Waals surface area contributed by atoms with Crippen molar-refractivity contribution in [1.29, 1.82) is 0 Å². The predicted molar refractivity (Wildman–Crippen MR) is 71.7 cm³/mol. The van der Waals surface area contributed by atoms with E-state index in [1.165, 1.54) is 0 Å². The Morgan fingerprint density at radius 3 is 2.94 bits per heavy atom. The Labute approximate surface area is 109 Å². The van der Waals surface area contributed by atoms with Gasteiger partial charge in [-0.3, -0.25) is 5.43 Å². The molecule has 1 unspecified atom stereocenters. The lowest BCUT2D eigenvalue weighted by atomic mass is 10.2. The number of aromatic nitrogens is 2. The molecule has 1 aromatic heterocycles. The second kappa shape index (κ2) is 7.41. The van der Waals surface area contributed by atoms with E-state index in [0.717, 1.165) is 17.3 Å². The minimum atomic E-state index is 0.224. The van der Waals surface area contributed by atoms with E-state index in [9.17, 15) is 0 Å². The van der Waals surface area contributed by atoms with E-state index < -0.39 is 0 Å². The number of hydrazine groups is 1. The van der Waals surface area contributed by atoms with E-state index in [1.807, 2.05) is 0 Å². The minimum absolute atomic E-state index is 0.224. The highest BCUT2D eigenvalue weighted by atomic mass is 79.9. The van der Waals surface area contributed by atoms with Crippen molar-refractivity contribution in [2.75, 3.05) is 24.5 Å². The Morgan fingerprint density at radius 2 is 2.35 bits per heavy atom. The molecular weight excluding hydrogens is 286 g/mol. The van der Waals surface area contributed by atoms with E-state index in [0.29, 0.717) is 18.4 Å². The zero-order valence-corrected chi connectivity index (χ0v) is 11.6. The molecule has 7 heteroatoms. The summed E-state index contributed by atoms with van der Waals surface area (Å²) in [5.74, 6) is 6.36. The minimum Gasteiger partial charge on any atom is -0.383 e. The topological polar surface area (TPSA) is 85.1 Å². The van der Waals surface area contributed by atoms with E-state index in [1.54, 1.807) is 13.3 Å². The number of hydrogen-bond donors (Lipinski definition) is 3. The summed E-state index contributed by atoms with van der Waals surface area (Å²) in [5.41, 5.74) is 2.42. The molecule has 17 heavy (non-hydrogen) atoms. The van der Waals surface area contributed by atoms with Crippen LogP contribution in [0.4, 0.5) is 11.8 Å². The van der Waals surface area contributed by atoms with Gasteiger partial charge in [-0.2, -0.15) is 4.98 Å². The molecular formula is C10H18BrN5O. The van der Waals surface area contributed by atoms with Crippen molar-refractivity contribution in [3.8, 4) is 0 Å². The molecule has 0 fully saturated rings. The monoisotopic (exact) mass is 303 g/mol. The lowest BCUT2D eigenvalue weighted by Crippen LogP contribution is -2.26. The van der Waals surface area contributed by atoms with Gasteiger partial charge in [0.2, 0.25) is 5.95 Å². The van der Waals surface area contributed by atoms with Crippen molar-refractivity contribution in [3.63, 3.8) is 0 Å².